The van der Waals surface area contributed by atoms with Crippen LogP contribution in [-0.2, 0) is 0 Å². The number of rotatable bonds is 7. The third-order valence-electron chi connectivity index (χ3n) is 4.52. The zero-order valence-corrected chi connectivity index (χ0v) is 17.0. The number of anilines is 3. The lowest BCUT2D eigenvalue weighted by Gasteiger charge is -2.12. The number of ether oxygens (including phenoxy) is 2. The molecule has 6 nitrogen and oxygen atoms in total. The Kier molecular flexibility index (Phi) is 6.34. The van der Waals surface area contributed by atoms with E-state index in [2.05, 4.69) is 41.6 Å². The zero-order chi connectivity index (χ0) is 20.8. The largest absolute Gasteiger partial charge is 0.497 e. The summed E-state index contributed by atoms with van der Waals surface area (Å²) in [6.45, 7) is 4.32. The summed E-state index contributed by atoms with van der Waals surface area (Å²) in [4.78, 5) is 16.9. The summed E-state index contributed by atoms with van der Waals surface area (Å²) in [7, 11) is 3.12. The fourth-order valence-corrected chi connectivity index (χ4v) is 2.85. The molecular formula is C23H25N3O3. The van der Waals surface area contributed by atoms with Gasteiger partial charge in [-0.25, -0.2) is 0 Å². The first-order chi connectivity index (χ1) is 14.0. The van der Waals surface area contributed by atoms with Crippen LogP contribution in [0.2, 0.25) is 0 Å². The Balaban J connectivity index is 1.74. The average Bonchev–Trinajstić information content (AvgIpc) is 2.74. The molecule has 1 heterocycles. The molecule has 0 aliphatic heterocycles. The van der Waals surface area contributed by atoms with E-state index in [9.17, 15) is 4.79 Å². The van der Waals surface area contributed by atoms with Crippen LogP contribution >= 0.6 is 0 Å². The highest BCUT2D eigenvalue weighted by atomic mass is 16.5. The van der Waals surface area contributed by atoms with Gasteiger partial charge in [-0.05, 0) is 41.8 Å². The predicted octanol–water partition coefficient (Wildman–Crippen LogP) is 5.22. The number of methoxy groups -OCH3 is 2. The van der Waals surface area contributed by atoms with Crippen LogP contribution < -0.4 is 20.1 Å². The second-order valence-corrected chi connectivity index (χ2v) is 6.88. The smallest absolute Gasteiger partial charge is 0.257 e. The maximum atomic E-state index is 12.7. The van der Waals surface area contributed by atoms with E-state index in [4.69, 9.17) is 9.47 Å². The van der Waals surface area contributed by atoms with Gasteiger partial charge in [0.15, 0.2) is 0 Å². The van der Waals surface area contributed by atoms with Gasteiger partial charge in [0.2, 0.25) is 0 Å². The van der Waals surface area contributed by atoms with E-state index >= 15 is 0 Å². The average molecular weight is 391 g/mol. The number of carbonyl (C=O) groups is 1. The van der Waals surface area contributed by atoms with Gasteiger partial charge >= 0.3 is 0 Å². The minimum absolute atomic E-state index is 0.278. The maximum Gasteiger partial charge on any atom is 0.257 e. The van der Waals surface area contributed by atoms with Gasteiger partial charge in [-0.2, -0.15) is 0 Å². The third kappa shape index (κ3) is 5.04. The SMILES string of the molecule is COc1ccc(NC(=O)c2cncc(Nc3ccc(C(C)C)cc3)c2)c(OC)c1. The lowest BCUT2D eigenvalue weighted by molar-refractivity contribution is 0.102. The number of aromatic nitrogens is 1. The Hall–Kier alpha value is -3.54. The molecule has 0 aliphatic carbocycles. The van der Waals surface area contributed by atoms with Crippen LogP contribution in [-0.4, -0.2) is 25.1 Å². The molecule has 0 bridgehead atoms. The number of benzene rings is 2. The van der Waals surface area contributed by atoms with E-state index in [0.717, 1.165) is 11.4 Å². The quantitative estimate of drug-likeness (QED) is 0.578. The van der Waals surface area contributed by atoms with Crippen molar-refractivity contribution in [2.24, 2.45) is 0 Å². The van der Waals surface area contributed by atoms with Crippen LogP contribution in [0.15, 0.2) is 60.9 Å². The van der Waals surface area contributed by atoms with E-state index in [1.807, 2.05) is 12.1 Å². The highest BCUT2D eigenvalue weighted by Crippen LogP contribution is 2.29. The van der Waals surface area contributed by atoms with Crippen molar-refractivity contribution in [3.8, 4) is 11.5 Å². The molecule has 29 heavy (non-hydrogen) atoms. The number of nitrogens with one attached hydrogen (secondary N) is 2. The minimum Gasteiger partial charge on any atom is -0.497 e. The van der Waals surface area contributed by atoms with Crippen LogP contribution in [0.5, 0.6) is 11.5 Å². The molecular weight excluding hydrogens is 366 g/mol. The van der Waals surface area contributed by atoms with Gasteiger partial charge in [0.05, 0.1) is 37.4 Å². The molecule has 0 spiro atoms. The van der Waals surface area contributed by atoms with Crippen molar-refractivity contribution in [1.82, 2.24) is 4.98 Å². The Morgan fingerprint density at radius 2 is 1.69 bits per heavy atom. The molecule has 2 N–H and O–H groups in total. The Morgan fingerprint density at radius 1 is 0.931 bits per heavy atom. The van der Waals surface area contributed by atoms with Crippen molar-refractivity contribution in [3.05, 3.63) is 72.1 Å². The second kappa shape index (κ2) is 9.10. The molecule has 0 atom stereocenters. The maximum absolute atomic E-state index is 12.7. The van der Waals surface area contributed by atoms with E-state index < -0.39 is 0 Å². The van der Waals surface area contributed by atoms with Crippen molar-refractivity contribution in [1.29, 1.82) is 0 Å². The summed E-state index contributed by atoms with van der Waals surface area (Å²) in [5, 5.41) is 6.14. The number of hydrogen-bond donors (Lipinski definition) is 2. The summed E-state index contributed by atoms with van der Waals surface area (Å²) < 4.78 is 10.5. The summed E-state index contributed by atoms with van der Waals surface area (Å²) in [6, 6.07) is 15.2. The number of carbonyl (C=O) groups excluding carboxylic acids is 1. The van der Waals surface area contributed by atoms with Gasteiger partial charge in [-0.15, -0.1) is 0 Å². The van der Waals surface area contributed by atoms with Crippen molar-refractivity contribution >= 4 is 23.0 Å². The third-order valence-corrected chi connectivity index (χ3v) is 4.52. The molecule has 2 aromatic carbocycles. The minimum atomic E-state index is -0.278. The van der Waals surface area contributed by atoms with E-state index in [0.29, 0.717) is 28.7 Å². The molecule has 3 aromatic rings. The first-order valence-electron chi connectivity index (χ1n) is 9.35. The lowest BCUT2D eigenvalue weighted by Crippen LogP contribution is -2.13. The molecule has 0 radical (unpaired) electrons. The zero-order valence-electron chi connectivity index (χ0n) is 17.0. The summed E-state index contributed by atoms with van der Waals surface area (Å²) in [6.07, 6.45) is 3.21. The van der Waals surface area contributed by atoms with E-state index in [-0.39, 0.29) is 5.91 Å². The summed E-state index contributed by atoms with van der Waals surface area (Å²) in [5.41, 5.74) is 3.94. The lowest BCUT2D eigenvalue weighted by atomic mass is 10.0. The van der Waals surface area contributed by atoms with Gasteiger partial charge < -0.3 is 20.1 Å². The molecule has 1 amide bonds. The second-order valence-electron chi connectivity index (χ2n) is 6.88. The van der Waals surface area contributed by atoms with Crippen LogP contribution in [0.4, 0.5) is 17.1 Å². The Morgan fingerprint density at radius 3 is 2.34 bits per heavy atom. The fraction of sp³-hybridized carbons (Fsp3) is 0.217. The highest BCUT2D eigenvalue weighted by molar-refractivity contribution is 6.05. The van der Waals surface area contributed by atoms with Gasteiger partial charge in [0.25, 0.3) is 5.91 Å². The van der Waals surface area contributed by atoms with Gasteiger partial charge in [-0.1, -0.05) is 26.0 Å². The van der Waals surface area contributed by atoms with E-state index in [1.54, 1.807) is 44.7 Å². The fourth-order valence-electron chi connectivity index (χ4n) is 2.85. The molecule has 0 saturated carbocycles. The topological polar surface area (TPSA) is 72.5 Å². The van der Waals surface area contributed by atoms with Crippen LogP contribution in [0.1, 0.15) is 35.7 Å². The van der Waals surface area contributed by atoms with Crippen LogP contribution in [0.25, 0.3) is 0 Å². The van der Waals surface area contributed by atoms with Gasteiger partial charge in [0.1, 0.15) is 11.5 Å². The number of amides is 1. The molecule has 0 fully saturated rings. The van der Waals surface area contributed by atoms with Crippen molar-refractivity contribution in [3.63, 3.8) is 0 Å². The molecule has 0 saturated heterocycles. The van der Waals surface area contributed by atoms with E-state index in [1.165, 1.54) is 11.8 Å². The number of hydrogen-bond acceptors (Lipinski definition) is 5. The number of nitrogens with zero attached hydrogens (tertiary/aromatic N) is 1. The molecule has 1 aromatic heterocycles. The Labute approximate surface area is 170 Å². The molecule has 3 rings (SSSR count). The summed E-state index contributed by atoms with van der Waals surface area (Å²) in [5.74, 6) is 1.37. The highest BCUT2D eigenvalue weighted by Gasteiger charge is 2.12. The molecule has 150 valence electrons. The molecule has 6 heteroatoms. The van der Waals surface area contributed by atoms with Gasteiger partial charge in [0, 0.05) is 18.0 Å². The van der Waals surface area contributed by atoms with Crippen molar-refractivity contribution in [2.45, 2.75) is 19.8 Å². The molecule has 0 aliphatic rings. The molecule has 0 unspecified atom stereocenters. The first-order valence-corrected chi connectivity index (χ1v) is 9.35. The summed E-state index contributed by atoms with van der Waals surface area (Å²) >= 11 is 0. The van der Waals surface area contributed by atoms with Crippen LogP contribution in [0, 0.1) is 0 Å². The van der Waals surface area contributed by atoms with Crippen molar-refractivity contribution < 1.29 is 14.3 Å². The monoisotopic (exact) mass is 391 g/mol. The van der Waals surface area contributed by atoms with Gasteiger partial charge in [-0.3, -0.25) is 9.78 Å². The Bertz CT molecular complexity index is 985. The first kappa shape index (κ1) is 20.2. The van der Waals surface area contributed by atoms with Crippen molar-refractivity contribution in [2.75, 3.05) is 24.9 Å². The van der Waals surface area contributed by atoms with Crippen LogP contribution in [0.3, 0.4) is 0 Å². The standard InChI is InChI=1S/C23H25N3O3/c1-15(2)16-5-7-18(8-6-16)25-19-11-17(13-24-14-19)23(27)26-21-10-9-20(28-3)12-22(21)29-4/h5-15,25H,1-4H3,(H,26,27). The number of pyridine rings is 1. The normalized spacial score (nSPS) is 10.5. The predicted molar refractivity (Wildman–Crippen MR) is 116 cm³/mol.